The van der Waals surface area contributed by atoms with Crippen LogP contribution < -0.4 is 0 Å². The molecule has 0 N–H and O–H groups in total. The van der Waals surface area contributed by atoms with Crippen LogP contribution in [0, 0.1) is 0 Å². The van der Waals surface area contributed by atoms with E-state index in [1.165, 1.54) is 0 Å². The van der Waals surface area contributed by atoms with Gasteiger partial charge < -0.3 is 52.1 Å². The highest BCUT2D eigenvalue weighted by molar-refractivity contribution is 5.13. The fraction of sp³-hybridized carbons (Fsp3) is 0.647. The molecule has 250 valence electrons. The summed E-state index contributed by atoms with van der Waals surface area (Å²) in [5, 5.41) is 0. The molecule has 4 aliphatic heterocycles. The Bertz CT molecular complexity index is 1110. The Hall–Kier alpha value is -2.00. The van der Waals surface area contributed by atoms with Crippen molar-refractivity contribution < 1.29 is 52.1 Å². The van der Waals surface area contributed by atoms with Crippen LogP contribution in [0.1, 0.15) is 33.3 Å². The van der Waals surface area contributed by atoms with E-state index in [1.807, 2.05) is 58.0 Å². The Labute approximate surface area is 266 Å². The number of rotatable bonds is 16. The molecular weight excluding hydrogens is 584 g/mol. The number of fused-ring (bicyclic) bond motifs is 3. The number of benzene rings is 1. The van der Waals surface area contributed by atoms with E-state index in [-0.39, 0.29) is 33.0 Å². The van der Waals surface area contributed by atoms with Crippen LogP contribution in [0.15, 0.2) is 68.3 Å². The van der Waals surface area contributed by atoms with Gasteiger partial charge in [0.1, 0.15) is 48.8 Å². The summed E-state index contributed by atoms with van der Waals surface area (Å²) in [5.41, 5.74) is 1.04. The first-order chi connectivity index (χ1) is 21.6. The fourth-order valence-corrected chi connectivity index (χ4v) is 6.14. The highest BCUT2D eigenvalue weighted by Gasteiger charge is 2.61. The van der Waals surface area contributed by atoms with Gasteiger partial charge in [-0.3, -0.25) is 0 Å². The summed E-state index contributed by atoms with van der Waals surface area (Å²) >= 11 is 0. The summed E-state index contributed by atoms with van der Waals surface area (Å²) in [7, 11) is 0. The van der Waals surface area contributed by atoms with Gasteiger partial charge in [0.2, 0.25) is 0 Å². The van der Waals surface area contributed by atoms with Crippen LogP contribution >= 0.6 is 0 Å². The van der Waals surface area contributed by atoms with E-state index in [1.54, 1.807) is 18.2 Å². The zero-order valence-electron chi connectivity index (χ0n) is 26.7. The predicted octanol–water partition coefficient (Wildman–Crippen LogP) is 4.05. The van der Waals surface area contributed by atoms with Gasteiger partial charge in [0.25, 0.3) is 0 Å². The maximum atomic E-state index is 6.56. The number of hydrogen-bond donors (Lipinski definition) is 0. The second-order valence-electron chi connectivity index (χ2n) is 12.3. The van der Waals surface area contributed by atoms with E-state index in [2.05, 4.69) is 19.7 Å². The van der Waals surface area contributed by atoms with E-state index in [0.29, 0.717) is 6.61 Å². The second kappa shape index (κ2) is 15.3. The van der Waals surface area contributed by atoms with Crippen molar-refractivity contribution in [3.63, 3.8) is 0 Å². The van der Waals surface area contributed by atoms with Gasteiger partial charge in [0, 0.05) is 0 Å². The zero-order valence-corrected chi connectivity index (χ0v) is 26.7. The molecule has 0 saturated carbocycles. The van der Waals surface area contributed by atoms with Crippen molar-refractivity contribution in [3.8, 4) is 0 Å². The van der Waals surface area contributed by atoms with Gasteiger partial charge in [-0.2, -0.15) is 0 Å². The molecule has 0 aromatic heterocycles. The number of ether oxygens (including phenoxy) is 11. The molecule has 10 atom stereocenters. The normalized spacial score (nSPS) is 36.6. The summed E-state index contributed by atoms with van der Waals surface area (Å²) in [6.07, 6.45) is -0.738. The highest BCUT2D eigenvalue weighted by Crippen LogP contribution is 2.44. The standard InChI is InChI=1S/C34H48O11/c1-8-16-36-25-23(20-35-19-22-14-12-11-13-15-22)40-31(29(38-18-10-3)27(25)37-17-9-2)39-21-24-26-28(43-33(4,5)42-26)30-32(41-24)45-34(6,7)44-30/h8-15,23-32H,1-3,16-21H2,4-7H3/t23-,24-,25-,26+,27+,28+,29-,30-,31-,32-/m1/s1. The van der Waals surface area contributed by atoms with Crippen LogP contribution in [-0.4, -0.2) is 106 Å². The molecule has 0 bridgehead atoms. The lowest BCUT2D eigenvalue weighted by Crippen LogP contribution is -2.63. The minimum absolute atomic E-state index is 0.0934. The van der Waals surface area contributed by atoms with Gasteiger partial charge in [-0.25, -0.2) is 0 Å². The van der Waals surface area contributed by atoms with E-state index in [0.717, 1.165) is 5.56 Å². The molecule has 11 heteroatoms. The number of hydrogen-bond acceptors (Lipinski definition) is 11. The van der Waals surface area contributed by atoms with Crippen molar-refractivity contribution in [1.29, 1.82) is 0 Å². The molecule has 4 saturated heterocycles. The summed E-state index contributed by atoms with van der Waals surface area (Å²) in [6.45, 7) is 20.4. The summed E-state index contributed by atoms with van der Waals surface area (Å²) in [6, 6.07) is 9.93. The zero-order chi connectivity index (χ0) is 32.0. The minimum atomic E-state index is -0.874. The van der Waals surface area contributed by atoms with E-state index < -0.39 is 73.0 Å². The summed E-state index contributed by atoms with van der Waals surface area (Å²) in [5.74, 6) is -1.66. The highest BCUT2D eigenvalue weighted by atomic mass is 16.9. The van der Waals surface area contributed by atoms with Crippen LogP contribution in [0.4, 0.5) is 0 Å². The van der Waals surface area contributed by atoms with Crippen molar-refractivity contribution in [2.75, 3.05) is 33.0 Å². The molecular formula is C34H48O11. The van der Waals surface area contributed by atoms with Gasteiger partial charge in [-0.1, -0.05) is 48.6 Å². The SMILES string of the molecule is C=CCO[C@@H]1[C@@H](OCC=C)[C@H](OC[C@H]2O[C@@H]3OC(C)(C)O[C@@H]3[C@H]3OC(C)(C)O[C@H]32)O[C@H](COCc2ccccc2)[C@H]1OCC=C. The quantitative estimate of drug-likeness (QED) is 0.247. The first-order valence-corrected chi connectivity index (χ1v) is 15.6. The maximum Gasteiger partial charge on any atom is 0.190 e. The summed E-state index contributed by atoms with van der Waals surface area (Å²) in [4.78, 5) is 0. The third kappa shape index (κ3) is 8.48. The third-order valence-electron chi connectivity index (χ3n) is 7.88. The Morgan fingerprint density at radius 1 is 0.644 bits per heavy atom. The molecule has 1 aromatic carbocycles. The van der Waals surface area contributed by atoms with Gasteiger partial charge >= 0.3 is 0 Å². The Balaban J connectivity index is 1.35. The molecule has 4 aliphatic rings. The summed E-state index contributed by atoms with van der Waals surface area (Å²) < 4.78 is 69.0. The first kappa shape index (κ1) is 34.3. The lowest BCUT2D eigenvalue weighted by atomic mass is 9.97. The van der Waals surface area contributed by atoms with E-state index in [4.69, 9.17) is 52.1 Å². The van der Waals surface area contributed by atoms with Gasteiger partial charge in [-0.05, 0) is 33.3 Å². The van der Waals surface area contributed by atoms with Crippen molar-refractivity contribution in [2.24, 2.45) is 0 Å². The average molecular weight is 633 g/mol. The fourth-order valence-electron chi connectivity index (χ4n) is 6.14. The monoisotopic (exact) mass is 632 g/mol. The van der Waals surface area contributed by atoms with Gasteiger partial charge in [-0.15, -0.1) is 19.7 Å². The van der Waals surface area contributed by atoms with Crippen molar-refractivity contribution in [3.05, 3.63) is 73.9 Å². The van der Waals surface area contributed by atoms with Crippen molar-refractivity contribution >= 4 is 0 Å². The van der Waals surface area contributed by atoms with Crippen LogP contribution in [0.25, 0.3) is 0 Å². The predicted molar refractivity (Wildman–Crippen MR) is 163 cm³/mol. The van der Waals surface area contributed by atoms with Crippen LogP contribution in [0.5, 0.6) is 0 Å². The topological polar surface area (TPSA) is 102 Å². The molecule has 0 unspecified atom stereocenters. The smallest absolute Gasteiger partial charge is 0.190 e. The molecule has 0 aliphatic carbocycles. The molecule has 0 spiro atoms. The second-order valence-corrected chi connectivity index (χ2v) is 12.3. The van der Waals surface area contributed by atoms with E-state index >= 15 is 0 Å². The lowest BCUT2D eigenvalue weighted by Gasteiger charge is -2.46. The minimum Gasteiger partial charge on any atom is -0.374 e. The molecule has 1 aromatic rings. The Morgan fingerprint density at radius 2 is 1.24 bits per heavy atom. The molecule has 0 amide bonds. The van der Waals surface area contributed by atoms with Gasteiger partial charge in [0.15, 0.2) is 24.2 Å². The maximum absolute atomic E-state index is 6.56. The molecule has 4 fully saturated rings. The Kier molecular flexibility index (Phi) is 11.7. The molecule has 0 radical (unpaired) electrons. The first-order valence-electron chi connectivity index (χ1n) is 15.6. The van der Waals surface area contributed by atoms with Crippen molar-refractivity contribution in [2.45, 2.75) is 107 Å². The van der Waals surface area contributed by atoms with Crippen molar-refractivity contribution in [1.82, 2.24) is 0 Å². The molecule has 5 rings (SSSR count). The molecule has 4 heterocycles. The largest absolute Gasteiger partial charge is 0.374 e. The van der Waals surface area contributed by atoms with Crippen LogP contribution in [0.2, 0.25) is 0 Å². The third-order valence-corrected chi connectivity index (χ3v) is 7.88. The average Bonchev–Trinajstić information content (AvgIpc) is 3.51. The van der Waals surface area contributed by atoms with E-state index in [9.17, 15) is 0 Å². The van der Waals surface area contributed by atoms with Crippen LogP contribution in [0.3, 0.4) is 0 Å². The van der Waals surface area contributed by atoms with Gasteiger partial charge in [0.05, 0.1) is 39.6 Å². The Morgan fingerprint density at radius 3 is 1.93 bits per heavy atom. The van der Waals surface area contributed by atoms with Crippen LogP contribution in [-0.2, 0) is 58.7 Å². The molecule has 11 nitrogen and oxygen atoms in total. The molecule has 45 heavy (non-hydrogen) atoms. The lowest BCUT2D eigenvalue weighted by molar-refractivity contribution is -0.330.